The molecule has 0 aromatic heterocycles. The molecule has 0 saturated heterocycles. The van der Waals surface area contributed by atoms with Gasteiger partial charge in [0.25, 0.3) is 0 Å². The average molecular weight is 496 g/mol. The van der Waals surface area contributed by atoms with Crippen molar-refractivity contribution in [3.8, 4) is 0 Å². The van der Waals surface area contributed by atoms with Crippen LogP contribution in [0.15, 0.2) is 84.9 Å². The molecule has 1 N–H and O–H groups in total. The first-order valence-electron chi connectivity index (χ1n) is 14.3. The fraction of sp³-hybridized carbons (Fsp3) is 0.400. The third kappa shape index (κ3) is 11.2. The van der Waals surface area contributed by atoms with Gasteiger partial charge in [0, 0.05) is 6.42 Å². The fourth-order valence-electron chi connectivity index (χ4n) is 4.66. The molecule has 0 fully saturated rings. The standard InChI is InChI=1S/C35H45NO/c1-3-4-5-6-7-8-9-10-12-15-30-22-24-31(25-23-30)26-27-35(37)36-34(33-16-13-11-14-17-33)28-32-20-18-29(2)19-21-32/h11-25,34H,3-10,26-28H2,1-2H3,(H,36,37)/b15-12-. The summed E-state index contributed by atoms with van der Waals surface area (Å²) in [4.78, 5) is 12.9. The molecule has 2 heteroatoms. The molecule has 3 rings (SSSR count). The van der Waals surface area contributed by atoms with E-state index in [4.69, 9.17) is 0 Å². The number of carbonyl (C=O) groups excluding carboxylic acids is 1. The number of amides is 1. The zero-order valence-electron chi connectivity index (χ0n) is 22.9. The second kappa shape index (κ2) is 16.6. The van der Waals surface area contributed by atoms with Gasteiger partial charge in [0.1, 0.15) is 0 Å². The minimum Gasteiger partial charge on any atom is -0.349 e. The summed E-state index contributed by atoms with van der Waals surface area (Å²) in [5.74, 6) is 0.0969. The molecule has 0 aliphatic carbocycles. The summed E-state index contributed by atoms with van der Waals surface area (Å²) in [6, 6.07) is 27.5. The molecule has 1 amide bonds. The molecular formula is C35H45NO. The lowest BCUT2D eigenvalue weighted by Crippen LogP contribution is -2.30. The minimum atomic E-state index is -0.0275. The van der Waals surface area contributed by atoms with Crippen molar-refractivity contribution in [1.29, 1.82) is 0 Å². The van der Waals surface area contributed by atoms with Crippen LogP contribution >= 0.6 is 0 Å². The van der Waals surface area contributed by atoms with Crippen LogP contribution in [0.4, 0.5) is 0 Å². The predicted octanol–water partition coefficient (Wildman–Crippen LogP) is 9.18. The topological polar surface area (TPSA) is 29.1 Å². The molecule has 37 heavy (non-hydrogen) atoms. The van der Waals surface area contributed by atoms with Crippen molar-refractivity contribution >= 4 is 12.0 Å². The van der Waals surface area contributed by atoms with Crippen molar-refractivity contribution in [3.05, 3.63) is 113 Å². The maximum atomic E-state index is 12.9. The fourth-order valence-corrected chi connectivity index (χ4v) is 4.66. The van der Waals surface area contributed by atoms with Gasteiger partial charge in [-0.25, -0.2) is 0 Å². The van der Waals surface area contributed by atoms with Crippen LogP contribution in [-0.2, 0) is 17.6 Å². The summed E-state index contributed by atoms with van der Waals surface area (Å²) in [5.41, 5.74) is 6.06. The summed E-state index contributed by atoms with van der Waals surface area (Å²) in [6.07, 6.45) is 17.2. The lowest BCUT2D eigenvalue weighted by atomic mass is 9.98. The molecule has 3 aromatic rings. The summed E-state index contributed by atoms with van der Waals surface area (Å²) >= 11 is 0. The van der Waals surface area contributed by atoms with Gasteiger partial charge in [-0.05, 0) is 54.9 Å². The molecule has 0 saturated carbocycles. The van der Waals surface area contributed by atoms with Crippen molar-refractivity contribution in [2.75, 3.05) is 0 Å². The van der Waals surface area contributed by atoms with Gasteiger partial charge in [-0.1, -0.05) is 142 Å². The van der Waals surface area contributed by atoms with Gasteiger partial charge in [-0.2, -0.15) is 0 Å². The second-order valence-corrected chi connectivity index (χ2v) is 10.3. The summed E-state index contributed by atoms with van der Waals surface area (Å²) in [5, 5.41) is 3.29. The van der Waals surface area contributed by atoms with Crippen molar-refractivity contribution in [3.63, 3.8) is 0 Å². The zero-order valence-corrected chi connectivity index (χ0v) is 22.9. The van der Waals surface area contributed by atoms with E-state index in [0.29, 0.717) is 6.42 Å². The second-order valence-electron chi connectivity index (χ2n) is 10.3. The highest BCUT2D eigenvalue weighted by Gasteiger charge is 2.15. The smallest absolute Gasteiger partial charge is 0.220 e. The van der Waals surface area contributed by atoms with E-state index in [9.17, 15) is 4.79 Å². The lowest BCUT2D eigenvalue weighted by molar-refractivity contribution is -0.121. The Kier molecular flexibility index (Phi) is 12.7. The largest absolute Gasteiger partial charge is 0.349 e. The summed E-state index contributed by atoms with van der Waals surface area (Å²) in [7, 11) is 0. The van der Waals surface area contributed by atoms with E-state index in [-0.39, 0.29) is 11.9 Å². The van der Waals surface area contributed by atoms with Crippen LogP contribution in [0.3, 0.4) is 0 Å². The Morgan fingerprint density at radius 3 is 2.14 bits per heavy atom. The Hall–Kier alpha value is -3.13. The maximum absolute atomic E-state index is 12.9. The van der Waals surface area contributed by atoms with Gasteiger partial charge < -0.3 is 5.32 Å². The molecule has 2 nitrogen and oxygen atoms in total. The number of allylic oxidation sites excluding steroid dienone is 1. The molecule has 0 bridgehead atoms. The van der Waals surface area contributed by atoms with Gasteiger partial charge >= 0.3 is 0 Å². The number of nitrogens with one attached hydrogen (secondary N) is 1. The number of hydrogen-bond donors (Lipinski definition) is 1. The van der Waals surface area contributed by atoms with Gasteiger partial charge in [-0.3, -0.25) is 4.79 Å². The highest BCUT2D eigenvalue weighted by atomic mass is 16.1. The van der Waals surface area contributed by atoms with Gasteiger partial charge in [0.2, 0.25) is 5.91 Å². The molecule has 1 atom stereocenters. The zero-order chi connectivity index (χ0) is 26.1. The Balaban J connectivity index is 1.43. The van der Waals surface area contributed by atoms with Gasteiger partial charge in [-0.15, -0.1) is 0 Å². The quantitative estimate of drug-likeness (QED) is 0.197. The van der Waals surface area contributed by atoms with Crippen molar-refractivity contribution in [2.45, 2.75) is 90.5 Å². The van der Waals surface area contributed by atoms with Crippen LogP contribution in [0.1, 0.15) is 98.6 Å². The summed E-state index contributed by atoms with van der Waals surface area (Å²) < 4.78 is 0. The van der Waals surface area contributed by atoms with E-state index in [1.54, 1.807) is 0 Å². The van der Waals surface area contributed by atoms with Gasteiger partial charge in [0.15, 0.2) is 0 Å². The molecule has 0 radical (unpaired) electrons. The Morgan fingerprint density at radius 1 is 0.784 bits per heavy atom. The van der Waals surface area contributed by atoms with Crippen molar-refractivity contribution in [2.24, 2.45) is 0 Å². The number of unbranched alkanes of at least 4 members (excludes halogenated alkanes) is 7. The van der Waals surface area contributed by atoms with Crippen LogP contribution in [0.25, 0.3) is 6.08 Å². The van der Waals surface area contributed by atoms with E-state index in [1.807, 2.05) is 18.2 Å². The number of benzene rings is 3. The monoisotopic (exact) mass is 495 g/mol. The highest BCUT2D eigenvalue weighted by Crippen LogP contribution is 2.19. The number of hydrogen-bond acceptors (Lipinski definition) is 1. The van der Waals surface area contributed by atoms with E-state index in [1.165, 1.54) is 67.2 Å². The Morgan fingerprint density at radius 2 is 1.43 bits per heavy atom. The minimum absolute atomic E-state index is 0.0275. The normalized spacial score (nSPS) is 12.1. The first-order valence-corrected chi connectivity index (χ1v) is 14.3. The van der Waals surface area contributed by atoms with E-state index in [0.717, 1.165) is 24.8 Å². The molecule has 0 aliphatic rings. The first kappa shape index (κ1) is 28.4. The van der Waals surface area contributed by atoms with E-state index >= 15 is 0 Å². The van der Waals surface area contributed by atoms with Crippen LogP contribution in [0, 0.1) is 6.92 Å². The third-order valence-electron chi connectivity index (χ3n) is 7.00. The molecular weight excluding hydrogens is 450 g/mol. The van der Waals surface area contributed by atoms with Crippen LogP contribution in [-0.4, -0.2) is 5.91 Å². The number of aryl methyl sites for hydroxylation is 2. The van der Waals surface area contributed by atoms with Gasteiger partial charge in [0.05, 0.1) is 6.04 Å². The third-order valence-corrected chi connectivity index (χ3v) is 7.00. The Bertz CT molecular complexity index is 1050. The molecule has 0 heterocycles. The Labute approximate surface area is 225 Å². The lowest BCUT2D eigenvalue weighted by Gasteiger charge is -2.20. The molecule has 0 spiro atoms. The van der Waals surface area contributed by atoms with Crippen molar-refractivity contribution in [1.82, 2.24) is 5.32 Å². The SMILES string of the molecule is CCCCCCCCC/C=C\c1ccc(CCC(=O)NC(Cc2ccc(C)cc2)c2ccccc2)cc1. The van der Waals surface area contributed by atoms with E-state index in [2.05, 4.69) is 92.0 Å². The van der Waals surface area contributed by atoms with Crippen LogP contribution in [0.2, 0.25) is 0 Å². The molecule has 196 valence electrons. The first-order chi connectivity index (χ1) is 18.1. The van der Waals surface area contributed by atoms with E-state index < -0.39 is 0 Å². The molecule has 3 aromatic carbocycles. The summed E-state index contributed by atoms with van der Waals surface area (Å²) in [6.45, 7) is 4.37. The number of rotatable bonds is 16. The predicted molar refractivity (Wildman–Crippen MR) is 159 cm³/mol. The number of carbonyl (C=O) groups is 1. The van der Waals surface area contributed by atoms with Crippen LogP contribution in [0.5, 0.6) is 0 Å². The highest BCUT2D eigenvalue weighted by molar-refractivity contribution is 5.76. The molecule has 0 aliphatic heterocycles. The molecule has 1 unspecified atom stereocenters. The average Bonchev–Trinajstić information content (AvgIpc) is 2.93. The van der Waals surface area contributed by atoms with Crippen molar-refractivity contribution < 1.29 is 4.79 Å². The maximum Gasteiger partial charge on any atom is 0.220 e. The van der Waals surface area contributed by atoms with Crippen LogP contribution < -0.4 is 5.32 Å².